The van der Waals surface area contributed by atoms with Gasteiger partial charge in [0.15, 0.2) is 5.78 Å². The van der Waals surface area contributed by atoms with Crippen LogP contribution in [0.5, 0.6) is 0 Å². The number of benzene rings is 4. The highest BCUT2D eigenvalue weighted by Gasteiger charge is 2.27. The Hall–Kier alpha value is -4.55. The Balaban J connectivity index is 1.53. The van der Waals surface area contributed by atoms with Crippen molar-refractivity contribution in [3.8, 4) is 45.0 Å². The van der Waals surface area contributed by atoms with Gasteiger partial charge in [-0.25, -0.2) is 4.98 Å². The Bertz CT molecular complexity index is 1660. The lowest BCUT2D eigenvalue weighted by Gasteiger charge is -2.06. The number of hydrogen-bond acceptors (Lipinski definition) is 4. The number of nitro groups is 1. The smallest absolute Gasteiger partial charge is 0.288 e. The monoisotopic (exact) mass is 477 g/mol. The van der Waals surface area contributed by atoms with Crippen molar-refractivity contribution in [3.63, 3.8) is 0 Å². The molecule has 0 saturated heterocycles. The van der Waals surface area contributed by atoms with E-state index in [0.29, 0.717) is 28.2 Å². The average Bonchev–Trinajstić information content (AvgIpc) is 3.45. The van der Waals surface area contributed by atoms with E-state index in [4.69, 9.17) is 16.6 Å². The van der Waals surface area contributed by atoms with Gasteiger partial charge in [-0.1, -0.05) is 78.3 Å². The zero-order valence-corrected chi connectivity index (χ0v) is 18.9. The predicted octanol–water partition coefficient (Wildman–Crippen LogP) is 7.18. The van der Waals surface area contributed by atoms with Gasteiger partial charge in [0, 0.05) is 33.9 Å². The predicted molar refractivity (Wildman–Crippen MR) is 135 cm³/mol. The summed E-state index contributed by atoms with van der Waals surface area (Å²) < 4.78 is 0. The number of nitrogens with one attached hydrogen (secondary N) is 1. The summed E-state index contributed by atoms with van der Waals surface area (Å²) >= 11 is 6.01. The molecule has 0 saturated carbocycles. The summed E-state index contributed by atoms with van der Waals surface area (Å²) in [5.41, 5.74) is 6.58. The molecule has 1 heterocycles. The SMILES string of the molecule is O=C1c2ccccc2-c2ccc(-c3nc(-c4ccc(Cl)c([N+](=O)[O-])c4)[nH]c3-c3ccccc3)cc21. The van der Waals surface area contributed by atoms with E-state index >= 15 is 0 Å². The zero-order valence-electron chi connectivity index (χ0n) is 18.2. The number of H-pyrrole nitrogens is 1. The molecule has 4 aromatic carbocycles. The minimum atomic E-state index is -0.516. The van der Waals surface area contributed by atoms with Crippen LogP contribution in [-0.4, -0.2) is 20.7 Å². The van der Waals surface area contributed by atoms with E-state index in [0.717, 1.165) is 27.9 Å². The Morgan fingerprint density at radius 1 is 0.743 bits per heavy atom. The van der Waals surface area contributed by atoms with Crippen LogP contribution in [0.3, 0.4) is 0 Å². The maximum atomic E-state index is 13.1. The first-order valence-electron chi connectivity index (χ1n) is 10.9. The van der Waals surface area contributed by atoms with Gasteiger partial charge in [0.2, 0.25) is 0 Å². The van der Waals surface area contributed by atoms with Crippen LogP contribution in [0.4, 0.5) is 5.69 Å². The van der Waals surface area contributed by atoms with Gasteiger partial charge in [-0.3, -0.25) is 14.9 Å². The molecule has 168 valence electrons. The number of hydrogen-bond donors (Lipinski definition) is 1. The zero-order chi connectivity index (χ0) is 24.1. The third-order valence-corrected chi connectivity index (χ3v) is 6.50. The van der Waals surface area contributed by atoms with Gasteiger partial charge in [-0.15, -0.1) is 0 Å². The molecule has 7 heteroatoms. The number of rotatable bonds is 4. The van der Waals surface area contributed by atoms with Gasteiger partial charge in [0.25, 0.3) is 5.69 Å². The highest BCUT2D eigenvalue weighted by Crippen LogP contribution is 2.41. The molecular weight excluding hydrogens is 462 g/mol. The van der Waals surface area contributed by atoms with E-state index in [1.165, 1.54) is 12.1 Å². The van der Waals surface area contributed by atoms with Crippen molar-refractivity contribution in [2.75, 3.05) is 0 Å². The highest BCUT2D eigenvalue weighted by molar-refractivity contribution is 6.32. The van der Waals surface area contributed by atoms with Crippen molar-refractivity contribution in [2.24, 2.45) is 0 Å². The van der Waals surface area contributed by atoms with Crippen molar-refractivity contribution in [1.29, 1.82) is 0 Å². The lowest BCUT2D eigenvalue weighted by molar-refractivity contribution is -0.384. The Kier molecular flexibility index (Phi) is 4.83. The van der Waals surface area contributed by atoms with Gasteiger partial charge in [0.05, 0.1) is 16.3 Å². The van der Waals surface area contributed by atoms with Crippen molar-refractivity contribution in [1.82, 2.24) is 9.97 Å². The maximum absolute atomic E-state index is 13.1. The number of nitrogens with zero attached hydrogens (tertiary/aromatic N) is 2. The number of nitro benzene ring substituents is 1. The number of fused-ring (bicyclic) bond motifs is 3. The first-order valence-corrected chi connectivity index (χ1v) is 11.3. The van der Waals surface area contributed by atoms with E-state index in [9.17, 15) is 14.9 Å². The maximum Gasteiger partial charge on any atom is 0.288 e. The summed E-state index contributed by atoms with van der Waals surface area (Å²) in [6.45, 7) is 0. The van der Waals surface area contributed by atoms with Crippen LogP contribution in [-0.2, 0) is 0 Å². The van der Waals surface area contributed by atoms with E-state index in [1.54, 1.807) is 6.07 Å². The summed E-state index contributed by atoms with van der Waals surface area (Å²) in [6, 6.07) is 27.6. The third kappa shape index (κ3) is 3.43. The standard InChI is InChI=1S/C28H16ClN3O3/c29-23-13-11-18(15-24(23)32(34)35)28-30-25(16-6-2-1-3-7-16)26(31-28)17-10-12-20-19-8-4-5-9-21(19)27(33)22(20)14-17/h1-15H,(H,30,31). The lowest BCUT2D eigenvalue weighted by atomic mass is 9.99. The number of carbonyl (C=O) groups excluding carboxylic acids is 1. The lowest BCUT2D eigenvalue weighted by Crippen LogP contribution is -1.95. The first kappa shape index (κ1) is 21.0. The number of carbonyl (C=O) groups is 1. The largest absolute Gasteiger partial charge is 0.337 e. The number of halogens is 1. The number of aromatic amines is 1. The molecule has 0 amide bonds. The minimum absolute atomic E-state index is 0.0113. The first-order chi connectivity index (χ1) is 17.0. The molecule has 6 nitrogen and oxygen atoms in total. The van der Waals surface area contributed by atoms with Gasteiger partial charge in [0.1, 0.15) is 10.8 Å². The molecule has 0 aliphatic heterocycles. The molecule has 1 aliphatic carbocycles. The van der Waals surface area contributed by atoms with Gasteiger partial charge >= 0.3 is 0 Å². The van der Waals surface area contributed by atoms with Crippen LogP contribution in [0.15, 0.2) is 91.0 Å². The number of ketones is 1. The van der Waals surface area contributed by atoms with Crippen molar-refractivity contribution < 1.29 is 9.72 Å². The summed E-state index contributed by atoms with van der Waals surface area (Å²) in [5.74, 6) is 0.455. The Morgan fingerprint density at radius 2 is 1.43 bits per heavy atom. The van der Waals surface area contributed by atoms with E-state index < -0.39 is 4.92 Å². The van der Waals surface area contributed by atoms with E-state index in [2.05, 4.69) is 4.98 Å². The van der Waals surface area contributed by atoms with E-state index in [-0.39, 0.29) is 16.5 Å². The van der Waals surface area contributed by atoms with Crippen LogP contribution >= 0.6 is 11.6 Å². The van der Waals surface area contributed by atoms with Crippen molar-refractivity contribution in [2.45, 2.75) is 0 Å². The van der Waals surface area contributed by atoms with Crippen LogP contribution < -0.4 is 0 Å². The Labute approximate surface area is 205 Å². The molecule has 1 aliphatic rings. The molecule has 0 spiro atoms. The van der Waals surface area contributed by atoms with Crippen LogP contribution in [0, 0.1) is 10.1 Å². The molecular formula is C28H16ClN3O3. The van der Waals surface area contributed by atoms with Gasteiger partial charge in [-0.05, 0) is 29.3 Å². The minimum Gasteiger partial charge on any atom is -0.337 e. The fourth-order valence-electron chi connectivity index (χ4n) is 4.51. The summed E-state index contributed by atoms with van der Waals surface area (Å²) in [5, 5.41) is 11.5. The second kappa shape index (κ2) is 8.04. The fourth-order valence-corrected chi connectivity index (χ4v) is 4.69. The van der Waals surface area contributed by atoms with E-state index in [1.807, 2.05) is 72.8 Å². The van der Waals surface area contributed by atoms with Crippen LogP contribution in [0.25, 0.3) is 45.0 Å². The summed E-state index contributed by atoms with van der Waals surface area (Å²) in [7, 11) is 0. The molecule has 0 bridgehead atoms. The quantitative estimate of drug-likeness (QED) is 0.215. The normalized spacial score (nSPS) is 11.9. The Morgan fingerprint density at radius 3 is 2.20 bits per heavy atom. The molecule has 0 radical (unpaired) electrons. The molecule has 1 aromatic heterocycles. The second-order valence-electron chi connectivity index (χ2n) is 8.23. The van der Waals surface area contributed by atoms with Crippen molar-refractivity contribution in [3.05, 3.63) is 117 Å². The molecule has 0 atom stereocenters. The van der Waals surface area contributed by atoms with Gasteiger partial charge in [-0.2, -0.15) is 0 Å². The number of imidazole rings is 1. The fraction of sp³-hybridized carbons (Fsp3) is 0. The average molecular weight is 478 g/mol. The topological polar surface area (TPSA) is 88.9 Å². The molecule has 1 N–H and O–H groups in total. The molecule has 0 fully saturated rings. The molecule has 35 heavy (non-hydrogen) atoms. The molecule has 6 rings (SSSR count). The molecule has 5 aromatic rings. The summed E-state index contributed by atoms with van der Waals surface area (Å²) in [4.78, 5) is 32.1. The van der Waals surface area contributed by atoms with Crippen LogP contribution in [0.2, 0.25) is 5.02 Å². The number of aromatic nitrogens is 2. The second-order valence-corrected chi connectivity index (χ2v) is 8.64. The third-order valence-electron chi connectivity index (χ3n) is 6.18. The van der Waals surface area contributed by atoms with Crippen LogP contribution in [0.1, 0.15) is 15.9 Å². The van der Waals surface area contributed by atoms with Gasteiger partial charge < -0.3 is 4.98 Å². The van der Waals surface area contributed by atoms with Crippen molar-refractivity contribution >= 4 is 23.1 Å². The summed E-state index contributed by atoms with van der Waals surface area (Å²) in [6.07, 6.45) is 0. The highest BCUT2D eigenvalue weighted by atomic mass is 35.5. The molecule has 0 unspecified atom stereocenters.